The van der Waals surface area contributed by atoms with Crippen LogP contribution in [-0.4, -0.2) is 28.5 Å². The third-order valence-electron chi connectivity index (χ3n) is 3.28. The van der Waals surface area contributed by atoms with Gasteiger partial charge in [0.1, 0.15) is 5.75 Å². The van der Waals surface area contributed by atoms with Gasteiger partial charge in [0.15, 0.2) is 0 Å². The minimum Gasteiger partial charge on any atom is -0.493 e. The molecule has 26 heavy (non-hydrogen) atoms. The predicted molar refractivity (Wildman–Crippen MR) is 109 cm³/mol. The number of ether oxygens (including phenoxy) is 1. The second-order valence-electron chi connectivity index (χ2n) is 5.15. The predicted octanol–water partition coefficient (Wildman–Crippen LogP) is 4.47. The number of anilines is 1. The SMILES string of the molecule is CCOc1ccccc1-c1nnc(SCC(=O)Nc2ccc(I)cc2)o1. The van der Waals surface area contributed by atoms with Crippen LogP contribution in [0.3, 0.4) is 0 Å². The Labute approximate surface area is 168 Å². The summed E-state index contributed by atoms with van der Waals surface area (Å²) >= 11 is 3.41. The van der Waals surface area contributed by atoms with Crippen molar-refractivity contribution >= 4 is 45.9 Å². The molecule has 0 atom stereocenters. The molecule has 6 nitrogen and oxygen atoms in total. The first-order chi connectivity index (χ1) is 12.7. The maximum atomic E-state index is 12.0. The second kappa shape index (κ2) is 9.04. The van der Waals surface area contributed by atoms with Crippen molar-refractivity contribution in [3.8, 4) is 17.2 Å². The number of nitrogens with zero attached hydrogens (tertiary/aromatic N) is 2. The Morgan fingerprint density at radius 1 is 1.19 bits per heavy atom. The van der Waals surface area contributed by atoms with Crippen molar-refractivity contribution in [2.45, 2.75) is 12.1 Å². The third kappa shape index (κ3) is 4.98. The van der Waals surface area contributed by atoms with E-state index in [1.54, 1.807) is 0 Å². The minimum atomic E-state index is -0.134. The quantitative estimate of drug-likeness (QED) is 0.397. The second-order valence-corrected chi connectivity index (χ2v) is 7.32. The zero-order valence-corrected chi connectivity index (χ0v) is 16.9. The molecular formula is C18H16IN3O3S. The molecule has 3 rings (SSSR count). The molecule has 0 spiro atoms. The number of aromatic nitrogens is 2. The Bertz CT molecular complexity index is 883. The molecule has 0 aliphatic rings. The summed E-state index contributed by atoms with van der Waals surface area (Å²) in [7, 11) is 0. The van der Waals surface area contributed by atoms with E-state index in [1.165, 1.54) is 11.8 Å². The van der Waals surface area contributed by atoms with Gasteiger partial charge >= 0.3 is 0 Å². The molecule has 0 saturated heterocycles. The maximum absolute atomic E-state index is 12.0. The molecule has 0 fully saturated rings. The van der Waals surface area contributed by atoms with Gasteiger partial charge in [-0.15, -0.1) is 10.2 Å². The van der Waals surface area contributed by atoms with E-state index in [9.17, 15) is 4.79 Å². The van der Waals surface area contributed by atoms with Gasteiger partial charge in [0.2, 0.25) is 5.91 Å². The summed E-state index contributed by atoms with van der Waals surface area (Å²) in [5, 5.41) is 11.2. The number of hydrogen-bond donors (Lipinski definition) is 1. The van der Waals surface area contributed by atoms with Crippen LogP contribution in [0.25, 0.3) is 11.5 Å². The number of carbonyl (C=O) groups excluding carboxylic acids is 1. The Morgan fingerprint density at radius 2 is 1.96 bits per heavy atom. The smallest absolute Gasteiger partial charge is 0.277 e. The molecule has 0 bridgehead atoms. The van der Waals surface area contributed by atoms with E-state index in [0.29, 0.717) is 23.5 Å². The van der Waals surface area contributed by atoms with Crippen LogP contribution in [0.2, 0.25) is 0 Å². The van der Waals surface area contributed by atoms with Crippen LogP contribution in [0.4, 0.5) is 5.69 Å². The molecule has 134 valence electrons. The Morgan fingerprint density at radius 3 is 2.73 bits per heavy atom. The average Bonchev–Trinajstić information content (AvgIpc) is 3.12. The highest BCUT2D eigenvalue weighted by Gasteiger charge is 2.14. The van der Waals surface area contributed by atoms with Crippen molar-refractivity contribution in [2.75, 3.05) is 17.7 Å². The molecule has 3 aromatic rings. The molecule has 1 heterocycles. The number of benzene rings is 2. The van der Waals surface area contributed by atoms with Crippen molar-refractivity contribution in [1.82, 2.24) is 10.2 Å². The van der Waals surface area contributed by atoms with Gasteiger partial charge in [-0.1, -0.05) is 23.9 Å². The molecule has 0 unspecified atom stereocenters. The lowest BCUT2D eigenvalue weighted by Gasteiger charge is -2.06. The monoisotopic (exact) mass is 481 g/mol. The summed E-state index contributed by atoms with van der Waals surface area (Å²) in [4.78, 5) is 12.0. The molecule has 2 aromatic carbocycles. The van der Waals surface area contributed by atoms with Crippen LogP contribution in [0, 0.1) is 3.57 Å². The molecule has 0 radical (unpaired) electrons. The van der Waals surface area contributed by atoms with Crippen molar-refractivity contribution in [3.05, 3.63) is 52.1 Å². The maximum Gasteiger partial charge on any atom is 0.277 e. The minimum absolute atomic E-state index is 0.134. The third-order valence-corrected chi connectivity index (χ3v) is 4.82. The Hall–Kier alpha value is -2.07. The topological polar surface area (TPSA) is 77.2 Å². The standard InChI is InChI=1S/C18H16IN3O3S/c1-2-24-15-6-4-3-5-14(15)17-21-22-18(25-17)26-11-16(23)20-13-9-7-12(19)8-10-13/h3-10H,2,11H2,1H3,(H,20,23). The average molecular weight is 481 g/mol. The number of amides is 1. The highest BCUT2D eigenvalue weighted by atomic mass is 127. The fraction of sp³-hybridized carbons (Fsp3) is 0.167. The summed E-state index contributed by atoms with van der Waals surface area (Å²) in [6.45, 7) is 2.46. The zero-order chi connectivity index (χ0) is 18.4. The van der Waals surface area contributed by atoms with E-state index in [1.807, 2.05) is 55.5 Å². The number of carbonyl (C=O) groups is 1. The van der Waals surface area contributed by atoms with Crippen LogP contribution < -0.4 is 10.1 Å². The van der Waals surface area contributed by atoms with Crippen molar-refractivity contribution in [3.63, 3.8) is 0 Å². The first kappa shape index (κ1) is 18.7. The Balaban J connectivity index is 1.60. The molecule has 0 aliphatic heterocycles. The van der Waals surface area contributed by atoms with Gasteiger partial charge in [0.25, 0.3) is 11.1 Å². The van der Waals surface area contributed by atoms with Crippen molar-refractivity contribution in [1.29, 1.82) is 0 Å². The van der Waals surface area contributed by atoms with Crippen molar-refractivity contribution < 1.29 is 13.9 Å². The molecule has 0 saturated carbocycles. The van der Waals surface area contributed by atoms with E-state index in [4.69, 9.17) is 9.15 Å². The number of rotatable bonds is 7. The van der Waals surface area contributed by atoms with Gasteiger partial charge in [-0.05, 0) is 65.9 Å². The number of para-hydroxylation sites is 1. The number of hydrogen-bond acceptors (Lipinski definition) is 6. The van der Waals surface area contributed by atoms with Crippen LogP contribution in [-0.2, 0) is 4.79 Å². The summed E-state index contributed by atoms with van der Waals surface area (Å²) in [5.74, 6) is 1.10. The van der Waals surface area contributed by atoms with Crippen LogP contribution in [0.1, 0.15) is 6.92 Å². The summed E-state index contributed by atoms with van der Waals surface area (Å²) < 4.78 is 12.3. The molecule has 0 aliphatic carbocycles. The van der Waals surface area contributed by atoms with Gasteiger partial charge in [-0.3, -0.25) is 4.79 Å². The van der Waals surface area contributed by atoms with E-state index in [0.717, 1.165) is 14.8 Å². The summed E-state index contributed by atoms with van der Waals surface area (Å²) in [5.41, 5.74) is 1.49. The van der Waals surface area contributed by atoms with E-state index < -0.39 is 0 Å². The van der Waals surface area contributed by atoms with Gasteiger partial charge in [-0.25, -0.2) is 0 Å². The van der Waals surface area contributed by atoms with Crippen LogP contribution in [0.5, 0.6) is 5.75 Å². The zero-order valence-electron chi connectivity index (χ0n) is 13.9. The molecule has 1 N–H and O–H groups in total. The molecular weight excluding hydrogens is 465 g/mol. The fourth-order valence-corrected chi connectivity index (χ4v) is 3.08. The van der Waals surface area contributed by atoms with Crippen molar-refractivity contribution in [2.24, 2.45) is 0 Å². The number of halogens is 1. The number of nitrogens with one attached hydrogen (secondary N) is 1. The van der Waals surface area contributed by atoms with Gasteiger partial charge in [0.05, 0.1) is 17.9 Å². The first-order valence-corrected chi connectivity index (χ1v) is 9.96. The lowest BCUT2D eigenvalue weighted by atomic mass is 10.2. The highest BCUT2D eigenvalue weighted by molar-refractivity contribution is 14.1. The largest absolute Gasteiger partial charge is 0.493 e. The lowest BCUT2D eigenvalue weighted by Crippen LogP contribution is -2.13. The molecule has 1 amide bonds. The first-order valence-electron chi connectivity index (χ1n) is 7.89. The highest BCUT2D eigenvalue weighted by Crippen LogP contribution is 2.30. The number of thioether (sulfide) groups is 1. The molecule has 1 aromatic heterocycles. The van der Waals surface area contributed by atoms with E-state index in [-0.39, 0.29) is 11.7 Å². The van der Waals surface area contributed by atoms with Crippen LogP contribution in [0.15, 0.2) is 58.2 Å². The fourth-order valence-electron chi connectivity index (χ4n) is 2.16. The summed E-state index contributed by atoms with van der Waals surface area (Å²) in [6.07, 6.45) is 0. The summed E-state index contributed by atoms with van der Waals surface area (Å²) in [6, 6.07) is 15.1. The lowest BCUT2D eigenvalue weighted by molar-refractivity contribution is -0.113. The van der Waals surface area contributed by atoms with Gasteiger partial charge in [-0.2, -0.15) is 0 Å². The normalized spacial score (nSPS) is 10.5. The van der Waals surface area contributed by atoms with Gasteiger partial charge < -0.3 is 14.5 Å². The van der Waals surface area contributed by atoms with Crippen LogP contribution >= 0.6 is 34.4 Å². The van der Waals surface area contributed by atoms with Gasteiger partial charge in [0, 0.05) is 9.26 Å². The molecule has 8 heteroatoms. The van der Waals surface area contributed by atoms with E-state index >= 15 is 0 Å². The van der Waals surface area contributed by atoms with E-state index in [2.05, 4.69) is 38.1 Å². The Kier molecular flexibility index (Phi) is 6.51.